The molecule has 2 heterocycles. The number of nitrogens with one attached hydrogen (secondary N) is 1. The van der Waals surface area contributed by atoms with Crippen molar-refractivity contribution in [2.75, 3.05) is 30.3 Å². The Balaban J connectivity index is 2.05. The number of amides is 1. The molecule has 2 atom stereocenters. The Morgan fingerprint density at radius 3 is 2.73 bits per heavy atom. The third-order valence-corrected chi connectivity index (χ3v) is 7.34. The molecule has 0 bridgehead atoms. The zero-order valence-corrected chi connectivity index (χ0v) is 14.2. The first-order valence-electron chi connectivity index (χ1n) is 7.42. The maximum atomic E-state index is 12.4. The van der Waals surface area contributed by atoms with Crippen molar-refractivity contribution < 1.29 is 23.1 Å². The SMILES string of the molecule is CCS(=O)(=O)N1CCCC(C(=O)NC2(C(=O)O)CCSC2)C1. The van der Waals surface area contributed by atoms with Crippen LogP contribution in [0.25, 0.3) is 0 Å². The summed E-state index contributed by atoms with van der Waals surface area (Å²) < 4.78 is 25.2. The molecule has 7 nitrogen and oxygen atoms in total. The zero-order chi connectivity index (χ0) is 16.4. The Hall–Kier alpha value is -0.800. The minimum atomic E-state index is -3.31. The van der Waals surface area contributed by atoms with Crippen LogP contribution in [0.3, 0.4) is 0 Å². The van der Waals surface area contributed by atoms with Gasteiger partial charge in [-0.3, -0.25) is 4.79 Å². The molecule has 126 valence electrons. The lowest BCUT2D eigenvalue weighted by Gasteiger charge is -2.33. The molecule has 0 aromatic heterocycles. The number of thioether (sulfide) groups is 1. The third kappa shape index (κ3) is 3.57. The van der Waals surface area contributed by atoms with E-state index in [2.05, 4.69) is 5.32 Å². The van der Waals surface area contributed by atoms with Gasteiger partial charge in [-0.2, -0.15) is 11.8 Å². The van der Waals surface area contributed by atoms with E-state index in [4.69, 9.17) is 0 Å². The molecular formula is C13H22N2O5S2. The van der Waals surface area contributed by atoms with Gasteiger partial charge in [-0.25, -0.2) is 17.5 Å². The number of sulfonamides is 1. The number of hydrogen-bond donors (Lipinski definition) is 2. The van der Waals surface area contributed by atoms with Gasteiger partial charge in [0.25, 0.3) is 0 Å². The molecule has 2 N–H and O–H groups in total. The summed E-state index contributed by atoms with van der Waals surface area (Å²) in [6.45, 7) is 2.15. The second-order valence-corrected chi connectivity index (χ2v) is 9.14. The van der Waals surface area contributed by atoms with Gasteiger partial charge in [0.2, 0.25) is 15.9 Å². The Morgan fingerprint density at radius 1 is 1.45 bits per heavy atom. The number of piperidine rings is 1. The van der Waals surface area contributed by atoms with Crippen LogP contribution in [0.1, 0.15) is 26.2 Å². The van der Waals surface area contributed by atoms with Crippen LogP contribution in [-0.4, -0.2) is 65.6 Å². The van der Waals surface area contributed by atoms with Crippen LogP contribution in [0, 0.1) is 5.92 Å². The van der Waals surface area contributed by atoms with Gasteiger partial charge in [0.05, 0.1) is 11.7 Å². The smallest absolute Gasteiger partial charge is 0.330 e. The minimum Gasteiger partial charge on any atom is -0.479 e. The molecule has 0 saturated carbocycles. The van der Waals surface area contributed by atoms with Crippen molar-refractivity contribution >= 4 is 33.7 Å². The molecule has 1 amide bonds. The minimum absolute atomic E-state index is 0.0110. The maximum Gasteiger partial charge on any atom is 0.330 e. The van der Waals surface area contributed by atoms with E-state index >= 15 is 0 Å². The number of nitrogens with zero attached hydrogens (tertiary/aromatic N) is 1. The van der Waals surface area contributed by atoms with Gasteiger partial charge < -0.3 is 10.4 Å². The predicted molar refractivity (Wildman–Crippen MR) is 84.2 cm³/mol. The second-order valence-electron chi connectivity index (χ2n) is 5.78. The largest absolute Gasteiger partial charge is 0.479 e. The van der Waals surface area contributed by atoms with Crippen LogP contribution in [0.5, 0.6) is 0 Å². The van der Waals surface area contributed by atoms with E-state index in [1.165, 1.54) is 16.1 Å². The summed E-state index contributed by atoms with van der Waals surface area (Å²) >= 11 is 1.50. The summed E-state index contributed by atoms with van der Waals surface area (Å²) in [6, 6.07) is 0. The van der Waals surface area contributed by atoms with Gasteiger partial charge in [-0.1, -0.05) is 0 Å². The highest BCUT2D eigenvalue weighted by Gasteiger charge is 2.44. The van der Waals surface area contributed by atoms with E-state index in [1.807, 2.05) is 0 Å². The molecule has 2 aliphatic heterocycles. The molecule has 2 unspecified atom stereocenters. The number of hydrogen-bond acceptors (Lipinski definition) is 5. The molecule has 0 aromatic rings. The zero-order valence-electron chi connectivity index (χ0n) is 12.6. The molecule has 2 aliphatic rings. The maximum absolute atomic E-state index is 12.4. The predicted octanol–water partition coefficient (Wildman–Crippen LogP) is 0.125. The first-order chi connectivity index (χ1) is 10.3. The van der Waals surface area contributed by atoms with Crippen molar-refractivity contribution in [2.24, 2.45) is 5.92 Å². The summed E-state index contributed by atoms with van der Waals surface area (Å²) in [6.07, 6.45) is 1.61. The Morgan fingerprint density at radius 2 is 2.18 bits per heavy atom. The van der Waals surface area contributed by atoms with Gasteiger partial charge in [0, 0.05) is 18.8 Å². The molecule has 0 spiro atoms. The molecule has 2 rings (SSSR count). The lowest BCUT2D eigenvalue weighted by molar-refractivity contribution is -0.147. The molecule has 2 fully saturated rings. The Labute approximate surface area is 134 Å². The van der Waals surface area contributed by atoms with Gasteiger partial charge >= 0.3 is 5.97 Å². The fourth-order valence-electron chi connectivity index (χ4n) is 2.82. The standard InChI is InChI=1S/C13H22N2O5S2/c1-2-22(19,20)15-6-3-4-10(8-15)11(16)14-13(12(17)18)5-7-21-9-13/h10H,2-9H2,1H3,(H,14,16)(H,17,18). The van der Waals surface area contributed by atoms with Crippen LogP contribution in [0.15, 0.2) is 0 Å². The van der Waals surface area contributed by atoms with E-state index in [-0.39, 0.29) is 18.2 Å². The molecule has 0 radical (unpaired) electrons. The third-order valence-electron chi connectivity index (χ3n) is 4.31. The number of aliphatic carboxylic acids is 1. The van der Waals surface area contributed by atoms with Crippen LogP contribution in [0.4, 0.5) is 0 Å². The fourth-order valence-corrected chi connectivity index (χ4v) is 5.32. The van der Waals surface area contributed by atoms with Crippen molar-refractivity contribution in [1.29, 1.82) is 0 Å². The average molecular weight is 350 g/mol. The average Bonchev–Trinajstić information content (AvgIpc) is 2.97. The number of carbonyl (C=O) groups excluding carboxylic acids is 1. The molecular weight excluding hydrogens is 328 g/mol. The summed E-state index contributed by atoms with van der Waals surface area (Å²) in [7, 11) is -3.31. The van der Waals surface area contributed by atoms with E-state index in [1.54, 1.807) is 6.92 Å². The molecule has 0 aromatic carbocycles. The molecule has 0 aliphatic carbocycles. The lowest BCUT2D eigenvalue weighted by atomic mass is 9.94. The summed E-state index contributed by atoms with van der Waals surface area (Å²) in [5, 5.41) is 12.1. The van der Waals surface area contributed by atoms with Crippen molar-refractivity contribution in [1.82, 2.24) is 9.62 Å². The summed E-state index contributed by atoms with van der Waals surface area (Å²) in [5.41, 5.74) is -1.20. The van der Waals surface area contributed by atoms with Crippen molar-refractivity contribution in [2.45, 2.75) is 31.7 Å². The number of carboxylic acid groups (broad SMARTS) is 1. The van der Waals surface area contributed by atoms with Crippen molar-refractivity contribution in [3.63, 3.8) is 0 Å². The van der Waals surface area contributed by atoms with Crippen molar-refractivity contribution in [3.05, 3.63) is 0 Å². The quantitative estimate of drug-likeness (QED) is 0.730. The number of carbonyl (C=O) groups is 2. The van der Waals surface area contributed by atoms with Gasteiger partial charge in [-0.05, 0) is 31.9 Å². The van der Waals surface area contributed by atoms with Crippen LogP contribution < -0.4 is 5.32 Å². The van der Waals surface area contributed by atoms with Crippen LogP contribution in [0.2, 0.25) is 0 Å². The normalized spacial score (nSPS) is 30.1. The topological polar surface area (TPSA) is 104 Å². The molecule has 9 heteroatoms. The van der Waals surface area contributed by atoms with E-state index in [0.29, 0.717) is 37.3 Å². The lowest BCUT2D eigenvalue weighted by Crippen LogP contribution is -2.57. The number of carboxylic acids is 1. The summed E-state index contributed by atoms with van der Waals surface area (Å²) in [4.78, 5) is 23.9. The summed E-state index contributed by atoms with van der Waals surface area (Å²) in [5.74, 6) is -0.764. The number of rotatable bonds is 5. The molecule has 2 saturated heterocycles. The van der Waals surface area contributed by atoms with Crippen molar-refractivity contribution in [3.8, 4) is 0 Å². The molecule has 22 heavy (non-hydrogen) atoms. The highest BCUT2D eigenvalue weighted by Crippen LogP contribution is 2.29. The Kier molecular flexibility index (Phi) is 5.39. The van der Waals surface area contributed by atoms with E-state index in [9.17, 15) is 23.1 Å². The fraction of sp³-hybridized carbons (Fsp3) is 0.846. The van der Waals surface area contributed by atoms with Crippen LogP contribution in [-0.2, 0) is 19.6 Å². The Bertz CT molecular complexity index is 543. The second kappa shape index (κ2) is 6.76. The van der Waals surface area contributed by atoms with E-state index < -0.39 is 27.4 Å². The van der Waals surface area contributed by atoms with Gasteiger partial charge in [-0.15, -0.1) is 0 Å². The highest BCUT2D eigenvalue weighted by atomic mass is 32.2. The van der Waals surface area contributed by atoms with Crippen LogP contribution >= 0.6 is 11.8 Å². The first-order valence-corrected chi connectivity index (χ1v) is 10.2. The van der Waals surface area contributed by atoms with Gasteiger partial charge in [0.15, 0.2) is 0 Å². The highest BCUT2D eigenvalue weighted by molar-refractivity contribution is 7.99. The van der Waals surface area contributed by atoms with Gasteiger partial charge in [0.1, 0.15) is 5.54 Å². The first kappa shape index (κ1) is 17.6. The van der Waals surface area contributed by atoms with E-state index in [0.717, 1.165) is 0 Å². The monoisotopic (exact) mass is 350 g/mol.